The molecule has 0 spiro atoms. The van der Waals surface area contributed by atoms with Gasteiger partial charge in [0.1, 0.15) is 6.04 Å². The van der Waals surface area contributed by atoms with Crippen LogP contribution in [0.1, 0.15) is 16.8 Å². The van der Waals surface area contributed by atoms with Crippen molar-refractivity contribution < 1.29 is 19.8 Å². The summed E-state index contributed by atoms with van der Waals surface area (Å²) in [7, 11) is 0. The minimum absolute atomic E-state index is 0.0707. The number of rotatable bonds is 2. The van der Waals surface area contributed by atoms with Crippen molar-refractivity contribution >= 4 is 34.5 Å². The monoisotopic (exact) mass is 361 g/mol. The summed E-state index contributed by atoms with van der Waals surface area (Å²) in [5.74, 6) is -1.43. The van der Waals surface area contributed by atoms with Crippen molar-refractivity contribution in [1.82, 2.24) is 4.90 Å². The molecule has 1 aromatic rings. The molecule has 18 heavy (non-hydrogen) atoms. The van der Waals surface area contributed by atoms with Crippen LogP contribution in [0.3, 0.4) is 0 Å². The molecule has 1 aromatic carbocycles. The van der Waals surface area contributed by atoms with E-state index >= 15 is 0 Å². The molecule has 1 heterocycles. The van der Waals surface area contributed by atoms with E-state index in [1.807, 2.05) is 6.07 Å². The summed E-state index contributed by atoms with van der Waals surface area (Å²) in [6.07, 6.45) is -0.678. The van der Waals surface area contributed by atoms with Crippen LogP contribution in [-0.4, -0.2) is 45.7 Å². The minimum atomic E-state index is -1.08. The number of carbonyl (C=O) groups is 2. The zero-order valence-electron chi connectivity index (χ0n) is 9.41. The van der Waals surface area contributed by atoms with Crippen molar-refractivity contribution in [1.29, 1.82) is 0 Å². The van der Waals surface area contributed by atoms with E-state index in [9.17, 15) is 14.7 Å². The fraction of sp³-hybridized carbons (Fsp3) is 0.333. The lowest BCUT2D eigenvalue weighted by molar-refractivity contribution is -0.141. The Bertz CT molecular complexity index is 491. The lowest BCUT2D eigenvalue weighted by Gasteiger charge is -2.21. The number of likely N-dealkylation sites (tertiary alicyclic amines) is 1. The molecule has 96 valence electrons. The number of hydrogen-bond acceptors (Lipinski definition) is 3. The third-order valence-corrected chi connectivity index (χ3v) is 3.57. The van der Waals surface area contributed by atoms with Crippen LogP contribution < -0.4 is 0 Å². The molecule has 2 atom stereocenters. The summed E-state index contributed by atoms with van der Waals surface area (Å²) in [6.45, 7) is 0.0707. The lowest BCUT2D eigenvalue weighted by atomic mass is 10.1. The van der Waals surface area contributed by atoms with E-state index in [4.69, 9.17) is 5.11 Å². The van der Waals surface area contributed by atoms with Gasteiger partial charge >= 0.3 is 5.97 Å². The van der Waals surface area contributed by atoms with Crippen molar-refractivity contribution in [3.05, 3.63) is 33.4 Å². The number of halogens is 1. The second kappa shape index (κ2) is 5.23. The van der Waals surface area contributed by atoms with E-state index in [0.717, 1.165) is 3.57 Å². The number of carboxylic acid groups (broad SMARTS) is 1. The number of amides is 1. The van der Waals surface area contributed by atoms with Crippen molar-refractivity contribution in [2.75, 3.05) is 6.54 Å². The van der Waals surface area contributed by atoms with Crippen molar-refractivity contribution in [3.63, 3.8) is 0 Å². The molecule has 0 saturated carbocycles. The number of hydrogen-bond donors (Lipinski definition) is 2. The highest BCUT2D eigenvalue weighted by Gasteiger charge is 2.39. The van der Waals surface area contributed by atoms with Crippen molar-refractivity contribution in [3.8, 4) is 0 Å². The Kier molecular flexibility index (Phi) is 3.86. The van der Waals surface area contributed by atoms with Crippen LogP contribution >= 0.6 is 22.6 Å². The molecule has 1 saturated heterocycles. The zero-order valence-corrected chi connectivity index (χ0v) is 11.6. The standard InChI is InChI=1S/C12H12INO4/c13-8-3-1-2-7(4-8)11(16)14-6-9(15)5-10(14)12(17)18/h1-4,9-10,15H,5-6H2,(H,17,18)/t9?,10-/m0/s1. The van der Waals surface area contributed by atoms with E-state index < -0.39 is 18.1 Å². The highest BCUT2D eigenvalue weighted by molar-refractivity contribution is 14.1. The van der Waals surface area contributed by atoms with E-state index in [1.54, 1.807) is 18.2 Å². The number of carboxylic acids is 1. The number of carbonyl (C=O) groups excluding carboxylic acids is 1. The molecule has 1 amide bonds. The maximum absolute atomic E-state index is 12.2. The van der Waals surface area contributed by atoms with E-state index in [2.05, 4.69) is 22.6 Å². The second-order valence-electron chi connectivity index (χ2n) is 4.21. The molecule has 1 aliphatic rings. The average molecular weight is 361 g/mol. The SMILES string of the molecule is O=C(O)[C@@H]1CC(O)CN1C(=O)c1cccc(I)c1. The van der Waals surface area contributed by atoms with Crippen molar-refractivity contribution in [2.45, 2.75) is 18.6 Å². The third kappa shape index (κ3) is 2.64. The Hall–Kier alpha value is -1.15. The number of aliphatic carboxylic acids is 1. The summed E-state index contributed by atoms with van der Waals surface area (Å²) >= 11 is 2.09. The summed E-state index contributed by atoms with van der Waals surface area (Å²) < 4.78 is 0.907. The zero-order chi connectivity index (χ0) is 13.3. The molecule has 0 aromatic heterocycles. The number of nitrogens with zero attached hydrogens (tertiary/aromatic N) is 1. The number of β-amino-alcohol motifs (C(OH)–C–C–N with tert-alkyl or cyclic N) is 1. The summed E-state index contributed by atoms with van der Waals surface area (Å²) in [5.41, 5.74) is 0.447. The normalized spacial score (nSPS) is 23.1. The Morgan fingerprint density at radius 3 is 2.72 bits per heavy atom. The summed E-state index contributed by atoms with van der Waals surface area (Å²) in [4.78, 5) is 24.5. The summed E-state index contributed by atoms with van der Waals surface area (Å²) in [6, 6.07) is 6.01. The lowest BCUT2D eigenvalue weighted by Crippen LogP contribution is -2.40. The Morgan fingerprint density at radius 1 is 1.39 bits per heavy atom. The van der Waals surface area contributed by atoms with Gasteiger partial charge in [-0.25, -0.2) is 4.79 Å². The highest BCUT2D eigenvalue weighted by Crippen LogP contribution is 2.21. The van der Waals surface area contributed by atoms with E-state index in [0.29, 0.717) is 5.56 Å². The first-order chi connectivity index (χ1) is 8.49. The molecule has 5 nitrogen and oxygen atoms in total. The van der Waals surface area contributed by atoms with Crippen LogP contribution in [0.25, 0.3) is 0 Å². The molecule has 0 aliphatic carbocycles. The Morgan fingerprint density at radius 2 is 2.11 bits per heavy atom. The van der Waals surface area contributed by atoms with Crippen LogP contribution in [0.4, 0.5) is 0 Å². The number of benzene rings is 1. The molecule has 1 fully saturated rings. The van der Waals surface area contributed by atoms with Gasteiger partial charge in [0, 0.05) is 22.1 Å². The first kappa shape index (κ1) is 13.3. The maximum atomic E-state index is 12.2. The average Bonchev–Trinajstić information content (AvgIpc) is 2.70. The van der Waals surface area contributed by atoms with Gasteiger partial charge in [0.05, 0.1) is 6.10 Å². The number of aliphatic hydroxyl groups is 1. The van der Waals surface area contributed by atoms with Crippen LogP contribution in [0.2, 0.25) is 0 Å². The minimum Gasteiger partial charge on any atom is -0.480 e. The predicted octanol–water partition coefficient (Wildman–Crippen LogP) is 0.951. The topological polar surface area (TPSA) is 77.8 Å². The van der Waals surface area contributed by atoms with Gasteiger partial charge in [-0.1, -0.05) is 6.07 Å². The Labute approximate surface area is 118 Å². The first-order valence-corrected chi connectivity index (χ1v) is 6.54. The van der Waals surface area contributed by atoms with E-state index in [1.165, 1.54) is 4.90 Å². The quantitative estimate of drug-likeness (QED) is 0.769. The molecular weight excluding hydrogens is 349 g/mol. The van der Waals surface area contributed by atoms with Crippen LogP contribution in [-0.2, 0) is 4.79 Å². The molecule has 1 unspecified atom stereocenters. The highest BCUT2D eigenvalue weighted by atomic mass is 127. The van der Waals surface area contributed by atoms with Gasteiger partial charge in [-0.15, -0.1) is 0 Å². The molecule has 0 bridgehead atoms. The largest absolute Gasteiger partial charge is 0.480 e. The predicted molar refractivity (Wildman–Crippen MR) is 72.2 cm³/mol. The van der Waals surface area contributed by atoms with Gasteiger partial charge in [-0.3, -0.25) is 4.79 Å². The fourth-order valence-electron chi connectivity index (χ4n) is 2.06. The van der Waals surface area contributed by atoms with Gasteiger partial charge in [0.25, 0.3) is 5.91 Å². The van der Waals surface area contributed by atoms with Crippen LogP contribution in [0, 0.1) is 3.57 Å². The fourth-order valence-corrected chi connectivity index (χ4v) is 2.60. The summed E-state index contributed by atoms with van der Waals surface area (Å²) in [5, 5.41) is 18.6. The maximum Gasteiger partial charge on any atom is 0.326 e. The molecule has 2 rings (SSSR count). The number of aliphatic hydroxyl groups excluding tert-OH is 1. The van der Waals surface area contributed by atoms with Crippen LogP contribution in [0.5, 0.6) is 0 Å². The molecule has 6 heteroatoms. The smallest absolute Gasteiger partial charge is 0.326 e. The molecule has 0 radical (unpaired) electrons. The van der Waals surface area contributed by atoms with Gasteiger partial charge in [-0.05, 0) is 40.8 Å². The van der Waals surface area contributed by atoms with Gasteiger partial charge in [0.15, 0.2) is 0 Å². The van der Waals surface area contributed by atoms with Crippen molar-refractivity contribution in [2.24, 2.45) is 0 Å². The molecule has 1 aliphatic heterocycles. The van der Waals surface area contributed by atoms with Crippen LogP contribution in [0.15, 0.2) is 24.3 Å². The first-order valence-electron chi connectivity index (χ1n) is 5.46. The molecule has 2 N–H and O–H groups in total. The third-order valence-electron chi connectivity index (χ3n) is 2.90. The van der Waals surface area contributed by atoms with E-state index in [-0.39, 0.29) is 18.9 Å². The van der Waals surface area contributed by atoms with Gasteiger partial charge in [0.2, 0.25) is 0 Å². The Balaban J connectivity index is 2.25. The molecular formula is C12H12INO4. The van der Waals surface area contributed by atoms with Gasteiger partial charge < -0.3 is 15.1 Å². The van der Waals surface area contributed by atoms with Gasteiger partial charge in [-0.2, -0.15) is 0 Å². The second-order valence-corrected chi connectivity index (χ2v) is 5.46.